The molecule has 0 aliphatic carbocycles. The average Bonchev–Trinajstić information content (AvgIpc) is 3.00. The molecule has 0 aliphatic heterocycles. The summed E-state index contributed by atoms with van der Waals surface area (Å²) in [6.45, 7) is 0.362. The van der Waals surface area contributed by atoms with Gasteiger partial charge in [0.05, 0.1) is 25.0 Å². The fourth-order valence-corrected chi connectivity index (χ4v) is 1.78. The zero-order valence-electron chi connectivity index (χ0n) is 11.7. The van der Waals surface area contributed by atoms with Crippen molar-refractivity contribution in [3.05, 3.63) is 53.7 Å². The number of aliphatic hydroxyl groups is 1. The van der Waals surface area contributed by atoms with E-state index in [1.165, 1.54) is 4.90 Å². The smallest absolute Gasteiger partial charge is 0.273 e. The first-order valence-corrected chi connectivity index (χ1v) is 6.55. The highest BCUT2D eigenvalue weighted by Crippen LogP contribution is 2.10. The molecular weight excluding hydrogens is 268 g/mol. The van der Waals surface area contributed by atoms with E-state index in [0.717, 1.165) is 0 Å². The molecule has 0 saturated carbocycles. The molecular formula is C16H16N2O3. The summed E-state index contributed by atoms with van der Waals surface area (Å²) < 4.78 is 5.23. The number of carbonyl (C=O) groups excluding carboxylic acids is 1. The Balaban J connectivity index is 2.17. The molecule has 1 N–H and O–H groups in total. The minimum Gasteiger partial charge on any atom is -0.467 e. The van der Waals surface area contributed by atoms with Gasteiger partial charge in [-0.1, -0.05) is 11.8 Å². The third kappa shape index (κ3) is 3.94. The first-order chi connectivity index (χ1) is 10.2. The van der Waals surface area contributed by atoms with Gasteiger partial charge in [-0.2, -0.15) is 0 Å². The third-order valence-electron chi connectivity index (χ3n) is 2.79. The predicted molar refractivity (Wildman–Crippen MR) is 77.3 cm³/mol. The molecule has 0 aromatic carbocycles. The van der Waals surface area contributed by atoms with Crippen molar-refractivity contribution in [3.8, 4) is 11.8 Å². The number of amides is 1. The molecule has 0 fully saturated rings. The summed E-state index contributed by atoms with van der Waals surface area (Å²) in [5.41, 5.74) is 0.860. The Hall–Kier alpha value is -2.58. The quantitative estimate of drug-likeness (QED) is 0.867. The minimum absolute atomic E-state index is 0.00502. The third-order valence-corrected chi connectivity index (χ3v) is 2.79. The zero-order chi connectivity index (χ0) is 15.1. The van der Waals surface area contributed by atoms with Crippen LogP contribution in [0.3, 0.4) is 0 Å². The van der Waals surface area contributed by atoms with Gasteiger partial charge in [0.1, 0.15) is 11.5 Å². The molecule has 1 amide bonds. The number of aliphatic hydroxyl groups excluding tert-OH is 1. The SMILES string of the molecule is CN(Cc1ccco1)C(=O)c1ncccc1C#CCCO. The zero-order valence-corrected chi connectivity index (χ0v) is 11.7. The first kappa shape index (κ1) is 14.8. The van der Waals surface area contributed by atoms with Crippen LogP contribution < -0.4 is 0 Å². The number of pyridine rings is 1. The van der Waals surface area contributed by atoms with Crippen LogP contribution in [0.25, 0.3) is 0 Å². The predicted octanol–water partition coefficient (Wildman–Crippen LogP) is 1.68. The van der Waals surface area contributed by atoms with Gasteiger partial charge < -0.3 is 14.4 Å². The van der Waals surface area contributed by atoms with Gasteiger partial charge in [-0.15, -0.1) is 0 Å². The summed E-state index contributed by atoms with van der Waals surface area (Å²) in [5.74, 6) is 6.15. The normalized spacial score (nSPS) is 9.81. The van der Waals surface area contributed by atoms with Gasteiger partial charge in [-0.3, -0.25) is 4.79 Å². The number of furan rings is 1. The van der Waals surface area contributed by atoms with Crippen LogP contribution in [0.15, 0.2) is 41.1 Å². The molecule has 0 radical (unpaired) electrons. The number of aromatic nitrogens is 1. The molecule has 5 heteroatoms. The van der Waals surface area contributed by atoms with E-state index in [9.17, 15) is 4.79 Å². The van der Waals surface area contributed by atoms with Gasteiger partial charge in [0.2, 0.25) is 0 Å². The van der Waals surface area contributed by atoms with Crippen LogP contribution in [0.1, 0.15) is 28.2 Å². The molecule has 2 rings (SSSR count). The number of carbonyl (C=O) groups is 1. The van der Waals surface area contributed by atoms with Crippen molar-refractivity contribution in [2.75, 3.05) is 13.7 Å². The van der Waals surface area contributed by atoms with Crippen LogP contribution in [0, 0.1) is 11.8 Å². The van der Waals surface area contributed by atoms with Gasteiger partial charge in [0, 0.05) is 19.7 Å². The minimum atomic E-state index is -0.222. The van der Waals surface area contributed by atoms with Gasteiger partial charge in [-0.05, 0) is 24.3 Å². The second kappa shape index (κ2) is 7.27. The van der Waals surface area contributed by atoms with E-state index in [1.54, 1.807) is 37.7 Å². The van der Waals surface area contributed by atoms with Gasteiger partial charge in [-0.25, -0.2) is 4.98 Å². The lowest BCUT2D eigenvalue weighted by Crippen LogP contribution is -2.27. The molecule has 0 atom stereocenters. The van der Waals surface area contributed by atoms with E-state index in [2.05, 4.69) is 16.8 Å². The maximum Gasteiger partial charge on any atom is 0.273 e. The van der Waals surface area contributed by atoms with Crippen molar-refractivity contribution in [2.24, 2.45) is 0 Å². The molecule has 21 heavy (non-hydrogen) atoms. The van der Waals surface area contributed by atoms with Crippen LogP contribution in [-0.4, -0.2) is 34.6 Å². The van der Waals surface area contributed by atoms with Gasteiger partial charge >= 0.3 is 0 Å². The molecule has 0 aliphatic rings. The Kier molecular flexibility index (Phi) is 5.13. The molecule has 0 saturated heterocycles. The number of hydrogen-bond acceptors (Lipinski definition) is 4. The lowest BCUT2D eigenvalue weighted by molar-refractivity contribution is 0.0769. The van der Waals surface area contributed by atoms with Crippen molar-refractivity contribution in [3.63, 3.8) is 0 Å². The van der Waals surface area contributed by atoms with E-state index >= 15 is 0 Å². The van der Waals surface area contributed by atoms with E-state index in [0.29, 0.717) is 30.0 Å². The van der Waals surface area contributed by atoms with E-state index in [1.807, 2.05) is 6.07 Å². The second-order valence-corrected chi connectivity index (χ2v) is 4.42. The van der Waals surface area contributed by atoms with E-state index in [-0.39, 0.29) is 12.5 Å². The van der Waals surface area contributed by atoms with Crippen molar-refractivity contribution >= 4 is 5.91 Å². The second-order valence-electron chi connectivity index (χ2n) is 4.42. The van der Waals surface area contributed by atoms with Crippen LogP contribution >= 0.6 is 0 Å². The first-order valence-electron chi connectivity index (χ1n) is 6.55. The highest BCUT2D eigenvalue weighted by molar-refractivity contribution is 5.94. The van der Waals surface area contributed by atoms with Crippen LogP contribution in [0.4, 0.5) is 0 Å². The lowest BCUT2D eigenvalue weighted by atomic mass is 10.1. The maximum atomic E-state index is 12.4. The molecule has 0 bridgehead atoms. The Morgan fingerprint density at radius 3 is 3.00 bits per heavy atom. The van der Waals surface area contributed by atoms with E-state index < -0.39 is 0 Å². The Morgan fingerprint density at radius 2 is 2.29 bits per heavy atom. The molecule has 2 aromatic heterocycles. The highest BCUT2D eigenvalue weighted by Gasteiger charge is 2.17. The maximum absolute atomic E-state index is 12.4. The van der Waals surface area contributed by atoms with Crippen LogP contribution in [0.5, 0.6) is 0 Å². The summed E-state index contributed by atoms with van der Waals surface area (Å²) in [4.78, 5) is 18.1. The largest absolute Gasteiger partial charge is 0.467 e. The van der Waals surface area contributed by atoms with Crippen LogP contribution in [0.2, 0.25) is 0 Å². The number of nitrogens with zero attached hydrogens (tertiary/aromatic N) is 2. The van der Waals surface area contributed by atoms with Crippen molar-refractivity contribution in [1.82, 2.24) is 9.88 Å². The standard InChI is InChI=1S/C16H16N2O3/c1-18(12-14-8-5-11-21-14)16(20)15-13(6-2-3-10-19)7-4-9-17-15/h4-5,7-9,11,19H,3,10,12H2,1H3. The fraction of sp³-hybridized carbons (Fsp3) is 0.250. The monoisotopic (exact) mass is 284 g/mol. The van der Waals surface area contributed by atoms with Crippen LogP contribution in [-0.2, 0) is 6.54 Å². The van der Waals surface area contributed by atoms with Gasteiger partial charge in [0.25, 0.3) is 5.91 Å². The highest BCUT2D eigenvalue weighted by atomic mass is 16.3. The fourth-order valence-electron chi connectivity index (χ4n) is 1.78. The van der Waals surface area contributed by atoms with Gasteiger partial charge in [0.15, 0.2) is 0 Å². The summed E-state index contributed by atoms with van der Waals surface area (Å²) in [5, 5.41) is 8.75. The number of rotatable bonds is 4. The Morgan fingerprint density at radius 1 is 1.43 bits per heavy atom. The molecule has 2 heterocycles. The summed E-state index contributed by atoms with van der Waals surface area (Å²) in [7, 11) is 1.68. The topological polar surface area (TPSA) is 66.6 Å². The summed E-state index contributed by atoms with van der Waals surface area (Å²) >= 11 is 0. The van der Waals surface area contributed by atoms with Crippen molar-refractivity contribution in [1.29, 1.82) is 0 Å². The molecule has 5 nitrogen and oxygen atoms in total. The van der Waals surface area contributed by atoms with E-state index in [4.69, 9.17) is 9.52 Å². The average molecular weight is 284 g/mol. The molecule has 0 unspecified atom stereocenters. The molecule has 0 spiro atoms. The van der Waals surface area contributed by atoms with Crippen molar-refractivity contribution < 1.29 is 14.3 Å². The Bertz CT molecular complexity index is 654. The Labute approximate surface area is 123 Å². The molecule has 108 valence electrons. The summed E-state index contributed by atoms with van der Waals surface area (Å²) in [6, 6.07) is 7.06. The molecule has 2 aromatic rings. The summed E-state index contributed by atoms with van der Waals surface area (Å²) in [6.07, 6.45) is 3.50. The lowest BCUT2D eigenvalue weighted by Gasteiger charge is -2.15. The van der Waals surface area contributed by atoms with Crippen molar-refractivity contribution in [2.45, 2.75) is 13.0 Å². The number of hydrogen-bond donors (Lipinski definition) is 1.